The lowest BCUT2D eigenvalue weighted by Gasteiger charge is -2.08. The Bertz CT molecular complexity index is 614. The number of amides is 1. The summed E-state index contributed by atoms with van der Waals surface area (Å²) in [7, 11) is 0. The van der Waals surface area contributed by atoms with Gasteiger partial charge in [0.25, 0.3) is 5.91 Å². The van der Waals surface area contributed by atoms with Gasteiger partial charge in [0.15, 0.2) is 6.61 Å². The summed E-state index contributed by atoms with van der Waals surface area (Å²) in [5, 5.41) is 2.70. The molecule has 2 aromatic rings. The van der Waals surface area contributed by atoms with E-state index in [0.717, 1.165) is 11.6 Å². The van der Waals surface area contributed by atoms with Gasteiger partial charge in [-0.25, -0.2) is 4.39 Å². The molecule has 5 heteroatoms. The molecule has 0 aromatic heterocycles. The van der Waals surface area contributed by atoms with Crippen molar-refractivity contribution in [2.75, 3.05) is 11.9 Å². The molecule has 3 nitrogen and oxygen atoms in total. The summed E-state index contributed by atoms with van der Waals surface area (Å²) in [4.78, 5) is 11.7. The first-order valence-corrected chi connectivity index (χ1v) is 6.37. The second-order valence-corrected chi connectivity index (χ2v) is 4.69. The largest absolute Gasteiger partial charge is 0.484 e. The number of nitrogens with one attached hydrogen (secondary N) is 1. The van der Waals surface area contributed by atoms with Crippen LogP contribution in [-0.4, -0.2) is 12.5 Å². The fourth-order valence-corrected chi connectivity index (χ4v) is 1.67. The number of halogens is 2. The van der Waals surface area contributed by atoms with Crippen molar-refractivity contribution in [1.82, 2.24) is 0 Å². The Kier molecular flexibility index (Phi) is 4.58. The van der Waals surface area contributed by atoms with E-state index in [9.17, 15) is 9.18 Å². The number of hydrogen-bond donors (Lipinski definition) is 1. The SMILES string of the molecule is Cc1ccc(NC(=O)COc2ccc(Cl)c(F)c2)cc1. The number of carbonyl (C=O) groups excluding carboxylic acids is 1. The lowest BCUT2D eigenvalue weighted by molar-refractivity contribution is -0.118. The van der Waals surface area contributed by atoms with E-state index < -0.39 is 5.82 Å². The molecule has 0 heterocycles. The van der Waals surface area contributed by atoms with Crippen LogP contribution in [0.25, 0.3) is 0 Å². The van der Waals surface area contributed by atoms with Crippen LogP contribution in [0, 0.1) is 12.7 Å². The molecule has 0 fully saturated rings. The van der Waals surface area contributed by atoms with Gasteiger partial charge >= 0.3 is 0 Å². The number of rotatable bonds is 4. The van der Waals surface area contributed by atoms with Gasteiger partial charge in [-0.1, -0.05) is 29.3 Å². The lowest BCUT2D eigenvalue weighted by atomic mass is 10.2. The summed E-state index contributed by atoms with van der Waals surface area (Å²) in [5.41, 5.74) is 1.79. The summed E-state index contributed by atoms with van der Waals surface area (Å²) in [6.45, 7) is 1.76. The molecular formula is C15H13ClFNO2. The standard InChI is InChI=1S/C15H13ClFNO2/c1-10-2-4-11(5-3-10)18-15(19)9-20-12-6-7-13(16)14(17)8-12/h2-8H,9H2,1H3,(H,18,19). The van der Waals surface area contributed by atoms with Gasteiger partial charge in [-0.2, -0.15) is 0 Å². The molecular weight excluding hydrogens is 281 g/mol. The van der Waals surface area contributed by atoms with E-state index in [1.54, 1.807) is 12.1 Å². The molecule has 0 saturated carbocycles. The minimum absolute atomic E-state index is 0.0152. The van der Waals surface area contributed by atoms with E-state index in [1.165, 1.54) is 12.1 Å². The quantitative estimate of drug-likeness (QED) is 0.931. The molecule has 2 aromatic carbocycles. The van der Waals surface area contributed by atoms with Crippen molar-refractivity contribution >= 4 is 23.2 Å². The highest BCUT2D eigenvalue weighted by atomic mass is 35.5. The monoisotopic (exact) mass is 293 g/mol. The van der Waals surface area contributed by atoms with Gasteiger partial charge in [-0.3, -0.25) is 4.79 Å². The van der Waals surface area contributed by atoms with Gasteiger partial charge in [0.05, 0.1) is 5.02 Å². The summed E-state index contributed by atoms with van der Waals surface area (Å²) < 4.78 is 18.4. The zero-order valence-electron chi connectivity index (χ0n) is 10.8. The third-order valence-electron chi connectivity index (χ3n) is 2.60. The van der Waals surface area contributed by atoms with Crippen molar-refractivity contribution in [3.8, 4) is 5.75 Å². The number of benzene rings is 2. The summed E-state index contributed by atoms with van der Waals surface area (Å²) in [5.74, 6) is -0.640. The topological polar surface area (TPSA) is 38.3 Å². The van der Waals surface area contributed by atoms with E-state index in [2.05, 4.69) is 5.32 Å². The van der Waals surface area contributed by atoms with Crippen LogP contribution in [0.5, 0.6) is 5.75 Å². The van der Waals surface area contributed by atoms with E-state index in [0.29, 0.717) is 5.69 Å². The number of ether oxygens (including phenoxy) is 1. The fraction of sp³-hybridized carbons (Fsp3) is 0.133. The molecule has 1 N–H and O–H groups in total. The Morgan fingerprint density at radius 3 is 2.60 bits per heavy atom. The van der Waals surface area contributed by atoms with Crippen molar-refractivity contribution in [3.63, 3.8) is 0 Å². The third kappa shape index (κ3) is 3.96. The van der Waals surface area contributed by atoms with Crippen molar-refractivity contribution in [1.29, 1.82) is 0 Å². The molecule has 0 aliphatic carbocycles. The van der Waals surface area contributed by atoms with Crippen molar-refractivity contribution in [2.45, 2.75) is 6.92 Å². The number of carbonyl (C=O) groups is 1. The van der Waals surface area contributed by atoms with Gasteiger partial charge in [-0.15, -0.1) is 0 Å². The molecule has 0 aliphatic heterocycles. The number of aryl methyl sites for hydroxylation is 1. The summed E-state index contributed by atoms with van der Waals surface area (Å²) in [6, 6.07) is 11.4. The van der Waals surface area contributed by atoms with Crippen molar-refractivity contribution in [2.24, 2.45) is 0 Å². The van der Waals surface area contributed by atoms with Gasteiger partial charge in [-0.05, 0) is 31.2 Å². The van der Waals surface area contributed by atoms with Crippen LogP contribution in [0.4, 0.5) is 10.1 Å². The maximum atomic E-state index is 13.2. The molecule has 2 rings (SSSR count). The molecule has 20 heavy (non-hydrogen) atoms. The molecule has 0 saturated heterocycles. The van der Waals surface area contributed by atoms with Crippen molar-refractivity contribution in [3.05, 3.63) is 58.9 Å². The van der Waals surface area contributed by atoms with Gasteiger partial charge in [0.2, 0.25) is 0 Å². The highest BCUT2D eigenvalue weighted by molar-refractivity contribution is 6.30. The predicted octanol–water partition coefficient (Wildman–Crippen LogP) is 3.81. The Balaban J connectivity index is 1.88. The predicted molar refractivity (Wildman–Crippen MR) is 76.7 cm³/mol. The highest BCUT2D eigenvalue weighted by Gasteiger charge is 2.06. The Morgan fingerprint density at radius 2 is 1.95 bits per heavy atom. The van der Waals surface area contributed by atoms with E-state index in [-0.39, 0.29) is 23.3 Å². The van der Waals surface area contributed by atoms with Gasteiger partial charge < -0.3 is 10.1 Å². The maximum Gasteiger partial charge on any atom is 0.262 e. The minimum atomic E-state index is -0.580. The summed E-state index contributed by atoms with van der Waals surface area (Å²) >= 11 is 5.55. The molecule has 104 valence electrons. The first-order chi connectivity index (χ1) is 9.54. The Morgan fingerprint density at radius 1 is 1.25 bits per heavy atom. The smallest absolute Gasteiger partial charge is 0.262 e. The molecule has 0 aliphatic rings. The first-order valence-electron chi connectivity index (χ1n) is 5.99. The first kappa shape index (κ1) is 14.3. The number of anilines is 1. The third-order valence-corrected chi connectivity index (χ3v) is 2.90. The van der Waals surface area contributed by atoms with Crippen LogP contribution < -0.4 is 10.1 Å². The normalized spacial score (nSPS) is 10.2. The molecule has 0 bridgehead atoms. The highest BCUT2D eigenvalue weighted by Crippen LogP contribution is 2.20. The second-order valence-electron chi connectivity index (χ2n) is 4.28. The van der Waals surface area contributed by atoms with Crippen LogP contribution in [0.15, 0.2) is 42.5 Å². The van der Waals surface area contributed by atoms with E-state index >= 15 is 0 Å². The van der Waals surface area contributed by atoms with Crippen LogP contribution in [0.3, 0.4) is 0 Å². The fourth-order valence-electron chi connectivity index (χ4n) is 1.55. The molecule has 0 radical (unpaired) electrons. The minimum Gasteiger partial charge on any atom is -0.484 e. The molecule has 0 unspecified atom stereocenters. The average Bonchev–Trinajstić information content (AvgIpc) is 2.43. The second kappa shape index (κ2) is 6.39. The lowest BCUT2D eigenvalue weighted by Crippen LogP contribution is -2.20. The molecule has 0 spiro atoms. The molecule has 1 amide bonds. The maximum absolute atomic E-state index is 13.2. The van der Waals surface area contributed by atoms with Gasteiger partial charge in [0, 0.05) is 11.8 Å². The zero-order valence-corrected chi connectivity index (χ0v) is 11.6. The van der Waals surface area contributed by atoms with Crippen LogP contribution in [-0.2, 0) is 4.79 Å². The molecule has 0 atom stereocenters. The number of hydrogen-bond acceptors (Lipinski definition) is 2. The van der Waals surface area contributed by atoms with Crippen LogP contribution >= 0.6 is 11.6 Å². The van der Waals surface area contributed by atoms with Crippen LogP contribution in [0.2, 0.25) is 5.02 Å². The Labute approximate surface area is 121 Å². The average molecular weight is 294 g/mol. The zero-order chi connectivity index (χ0) is 14.5. The van der Waals surface area contributed by atoms with Crippen molar-refractivity contribution < 1.29 is 13.9 Å². The van der Waals surface area contributed by atoms with E-state index in [4.69, 9.17) is 16.3 Å². The summed E-state index contributed by atoms with van der Waals surface area (Å²) in [6.07, 6.45) is 0. The van der Waals surface area contributed by atoms with Gasteiger partial charge in [0.1, 0.15) is 11.6 Å². The van der Waals surface area contributed by atoms with Crippen LogP contribution in [0.1, 0.15) is 5.56 Å². The van der Waals surface area contributed by atoms with E-state index in [1.807, 2.05) is 19.1 Å². The Hall–Kier alpha value is -2.07.